The molecule has 0 fully saturated rings. The third-order valence-electron chi connectivity index (χ3n) is 9.81. The molecule has 6 atom stereocenters. The Labute approximate surface area is 328 Å². The molecule has 0 aromatic heterocycles. The number of hydrogen-bond donors (Lipinski definition) is 1. The lowest BCUT2D eigenvalue weighted by Crippen LogP contribution is -2.53. The predicted molar refractivity (Wildman–Crippen MR) is 197 cm³/mol. The molecule has 2 aromatic rings. The predicted octanol–water partition coefficient (Wildman–Crippen LogP) is 8.88. The van der Waals surface area contributed by atoms with Gasteiger partial charge in [-0.2, -0.15) is 26.3 Å². The number of methoxy groups -OCH3 is 2. The van der Waals surface area contributed by atoms with Gasteiger partial charge in [0.1, 0.15) is 18.0 Å². The number of carbonyl (C=O) groups is 3. The maximum absolute atomic E-state index is 14.7. The molecule has 15 heteroatoms. The Morgan fingerprint density at radius 3 is 1.74 bits per heavy atom. The summed E-state index contributed by atoms with van der Waals surface area (Å²) in [6.45, 7) is 9.03. The van der Waals surface area contributed by atoms with Gasteiger partial charge in [0.15, 0.2) is 0 Å². The van der Waals surface area contributed by atoms with E-state index in [1.165, 1.54) is 43.3 Å². The highest BCUT2D eigenvalue weighted by Crippen LogP contribution is 2.45. The van der Waals surface area contributed by atoms with Crippen LogP contribution in [0, 0.1) is 5.92 Å². The van der Waals surface area contributed by atoms with Gasteiger partial charge in [-0.05, 0) is 46.1 Å². The van der Waals surface area contributed by atoms with E-state index in [4.69, 9.17) is 23.7 Å². The van der Waals surface area contributed by atoms with Crippen molar-refractivity contribution in [1.82, 2.24) is 0 Å². The van der Waals surface area contributed by atoms with Crippen LogP contribution in [0.25, 0.3) is 0 Å². The third kappa shape index (κ3) is 10.1. The van der Waals surface area contributed by atoms with Crippen LogP contribution in [0.4, 0.5) is 26.3 Å². The highest BCUT2D eigenvalue weighted by molar-refractivity contribution is 6.02. The average molecular weight is 811 g/mol. The van der Waals surface area contributed by atoms with Gasteiger partial charge < -0.3 is 28.8 Å². The molecule has 1 N–H and O–H groups in total. The summed E-state index contributed by atoms with van der Waals surface area (Å²) in [6.07, 6.45) is -6.77. The Bertz CT molecular complexity index is 1850. The molecule has 3 rings (SSSR count). The summed E-state index contributed by atoms with van der Waals surface area (Å²) in [5.74, 6) is -7.11. The summed E-state index contributed by atoms with van der Waals surface area (Å²) < 4.78 is 114. The summed E-state index contributed by atoms with van der Waals surface area (Å²) in [5, 5.41) is 10.4. The zero-order valence-electron chi connectivity index (χ0n) is 32.9. The van der Waals surface area contributed by atoms with Gasteiger partial charge in [-0.3, -0.25) is 4.79 Å². The topological polar surface area (TPSA) is 118 Å². The molecule has 1 heterocycles. The van der Waals surface area contributed by atoms with Gasteiger partial charge in [-0.1, -0.05) is 97.5 Å². The molecule has 1 aliphatic heterocycles. The molecular weight excluding hydrogens is 762 g/mol. The second-order valence-corrected chi connectivity index (χ2v) is 13.8. The third-order valence-corrected chi connectivity index (χ3v) is 9.81. The minimum absolute atomic E-state index is 0.00976. The molecule has 0 radical (unpaired) electrons. The Morgan fingerprint density at radius 2 is 1.33 bits per heavy atom. The zero-order valence-corrected chi connectivity index (χ0v) is 32.9. The molecule has 0 spiro atoms. The van der Waals surface area contributed by atoms with Crippen molar-refractivity contribution in [3.8, 4) is 0 Å². The van der Waals surface area contributed by atoms with Crippen LogP contribution in [0.2, 0.25) is 0 Å². The lowest BCUT2D eigenvalue weighted by atomic mass is 9.91. The number of aliphatic hydroxyl groups is 1. The number of hydrogen-bond acceptors (Lipinski definition) is 9. The van der Waals surface area contributed by atoms with Crippen LogP contribution in [0.1, 0.15) is 71.9 Å². The molecule has 1 aliphatic rings. The summed E-state index contributed by atoms with van der Waals surface area (Å²) in [7, 11) is 1.51. The van der Waals surface area contributed by atoms with Crippen molar-refractivity contribution in [1.29, 1.82) is 0 Å². The normalized spacial score (nSPS) is 20.7. The van der Waals surface area contributed by atoms with Gasteiger partial charge in [0, 0.05) is 50.2 Å². The minimum atomic E-state index is -5.25. The van der Waals surface area contributed by atoms with Gasteiger partial charge in [-0.25, -0.2) is 9.59 Å². The van der Waals surface area contributed by atoms with Crippen LogP contribution >= 0.6 is 0 Å². The Hall–Kier alpha value is -4.73. The van der Waals surface area contributed by atoms with E-state index in [1.54, 1.807) is 52.0 Å². The Morgan fingerprint density at radius 1 is 0.860 bits per heavy atom. The van der Waals surface area contributed by atoms with E-state index >= 15 is 0 Å². The molecule has 0 saturated carbocycles. The summed E-state index contributed by atoms with van der Waals surface area (Å²) in [5.41, 5.74) is -6.76. The number of benzene rings is 2. The second kappa shape index (κ2) is 18.7. The molecule has 0 amide bonds. The second-order valence-electron chi connectivity index (χ2n) is 13.8. The first kappa shape index (κ1) is 46.7. The van der Waals surface area contributed by atoms with E-state index in [2.05, 4.69) is 0 Å². The number of alkyl halides is 6. The fraction of sp³-hybridized carbons (Fsp3) is 0.452. The number of ketones is 1. The SMILES string of the molecule is C/C=C(\C)[C@H](OC(=O)[C@@](OC)(c1ccccc1)C(F)(F)F)[C@H](C)/C=C/C=C(\C)CC[C@H](CC1=C(C)C(=O)C(C)(O)O1)OC(=O)[C@@](OC)(c1ccccc1)C(F)(F)F. The summed E-state index contributed by atoms with van der Waals surface area (Å²) in [4.78, 5) is 39.5. The minimum Gasteiger partial charge on any atom is -0.459 e. The maximum atomic E-state index is 14.7. The zero-order chi connectivity index (χ0) is 43.0. The van der Waals surface area contributed by atoms with E-state index in [-0.39, 0.29) is 30.6 Å². The largest absolute Gasteiger partial charge is 0.459 e. The van der Waals surface area contributed by atoms with Crippen LogP contribution in [0.3, 0.4) is 0 Å². The number of rotatable bonds is 17. The monoisotopic (exact) mass is 810 g/mol. The maximum Gasteiger partial charge on any atom is 0.432 e. The van der Waals surface area contributed by atoms with Crippen LogP contribution in [0.5, 0.6) is 0 Å². The molecule has 0 saturated heterocycles. The van der Waals surface area contributed by atoms with Crippen molar-refractivity contribution in [2.24, 2.45) is 5.92 Å². The first-order chi connectivity index (χ1) is 26.5. The Balaban J connectivity index is 1.88. The van der Waals surface area contributed by atoms with E-state index in [1.807, 2.05) is 0 Å². The summed E-state index contributed by atoms with van der Waals surface area (Å²) >= 11 is 0. The van der Waals surface area contributed by atoms with E-state index in [0.717, 1.165) is 45.4 Å². The number of esters is 2. The van der Waals surface area contributed by atoms with E-state index < -0.39 is 76.3 Å². The first-order valence-electron chi connectivity index (χ1n) is 17.9. The van der Waals surface area contributed by atoms with Gasteiger partial charge in [0.2, 0.25) is 5.78 Å². The number of Topliss-reactive ketones (excluding diaryl/α,β-unsaturated/α-hetero) is 1. The fourth-order valence-electron chi connectivity index (χ4n) is 6.40. The number of ether oxygens (including phenoxy) is 5. The van der Waals surface area contributed by atoms with Crippen LogP contribution in [-0.2, 0) is 49.3 Å². The number of allylic oxidation sites excluding steroid dienone is 4. The average Bonchev–Trinajstić information content (AvgIpc) is 3.34. The quantitative estimate of drug-likeness (QED) is 0.0724. The van der Waals surface area contributed by atoms with Gasteiger partial charge in [-0.15, -0.1) is 0 Å². The van der Waals surface area contributed by atoms with Crippen LogP contribution in [-0.4, -0.2) is 67.4 Å². The lowest BCUT2D eigenvalue weighted by molar-refractivity contribution is -0.279. The molecule has 0 aliphatic carbocycles. The fourth-order valence-corrected chi connectivity index (χ4v) is 6.40. The summed E-state index contributed by atoms with van der Waals surface area (Å²) in [6, 6.07) is 12.7. The van der Waals surface area contributed by atoms with Gasteiger partial charge >= 0.3 is 24.3 Å². The molecule has 2 aromatic carbocycles. The van der Waals surface area contributed by atoms with Gasteiger partial charge in [0.05, 0.1) is 0 Å². The van der Waals surface area contributed by atoms with Crippen molar-refractivity contribution < 1.29 is 69.5 Å². The molecule has 0 bridgehead atoms. The van der Waals surface area contributed by atoms with E-state index in [9.17, 15) is 45.8 Å². The lowest BCUT2D eigenvalue weighted by Gasteiger charge is -2.34. The first-order valence-corrected chi connectivity index (χ1v) is 17.9. The van der Waals surface area contributed by atoms with Gasteiger partial charge in [0.25, 0.3) is 17.0 Å². The van der Waals surface area contributed by atoms with Crippen LogP contribution < -0.4 is 0 Å². The smallest absolute Gasteiger partial charge is 0.432 e. The molecular formula is C42H48F6O9. The number of halogens is 6. The van der Waals surface area contributed by atoms with E-state index in [0.29, 0.717) is 11.1 Å². The van der Waals surface area contributed by atoms with Crippen LogP contribution in [0.15, 0.2) is 107 Å². The molecule has 312 valence electrons. The van der Waals surface area contributed by atoms with Crippen molar-refractivity contribution in [2.45, 2.75) is 102 Å². The Kier molecular flexibility index (Phi) is 15.3. The van der Waals surface area contributed by atoms with Crippen molar-refractivity contribution >= 4 is 17.7 Å². The molecule has 57 heavy (non-hydrogen) atoms. The molecule has 9 nitrogen and oxygen atoms in total. The standard InChI is InChI=1S/C42H48F6O9/c1-9-27(3)34(56-37(51)40(54-8,42(46,47)48)31-21-14-11-15-22-31)28(4)18-16-17-26(2)23-24-32(25-33-29(5)35(49)38(6,52)57-33)55-36(50)39(53-7,41(43,44)45)30-19-12-10-13-20-30/h9-22,28,32,34,52H,23-25H2,1-8H3/b18-16+,26-17+,27-9+/t28-,32-,34+,38?,39+,40+/m1/s1. The van der Waals surface area contributed by atoms with Crippen molar-refractivity contribution in [2.75, 3.05) is 14.2 Å². The van der Waals surface area contributed by atoms with Crippen molar-refractivity contribution in [3.63, 3.8) is 0 Å². The molecule has 1 unspecified atom stereocenters. The number of carbonyl (C=O) groups excluding carboxylic acids is 3. The highest BCUT2D eigenvalue weighted by atomic mass is 19.4. The highest BCUT2D eigenvalue weighted by Gasteiger charge is 2.65. The van der Waals surface area contributed by atoms with Crippen molar-refractivity contribution in [3.05, 3.63) is 119 Å².